The average molecular weight is 554 g/mol. The summed E-state index contributed by atoms with van der Waals surface area (Å²) < 4.78 is 10.8. The number of amides is 1. The second kappa shape index (κ2) is 19.9. The van der Waals surface area contributed by atoms with Gasteiger partial charge in [-0.15, -0.1) is 0 Å². The lowest BCUT2D eigenvalue weighted by Gasteiger charge is -2.36. The minimum atomic E-state index is -1.10. The first-order valence-electron chi connectivity index (χ1n) is 15.4. The van der Waals surface area contributed by atoms with E-state index < -0.39 is 35.9 Å². The highest BCUT2D eigenvalue weighted by atomic mass is 16.5. The number of aliphatic carboxylic acids is 1. The number of esters is 2. The maximum Gasteiger partial charge on any atom is 0.326 e. The van der Waals surface area contributed by atoms with Crippen LogP contribution >= 0.6 is 0 Å². The number of hydrogen-bond donors (Lipinski definition) is 1. The van der Waals surface area contributed by atoms with E-state index in [4.69, 9.17) is 9.47 Å². The Hall–Kier alpha value is -2.12. The van der Waals surface area contributed by atoms with Crippen LogP contribution in [0.2, 0.25) is 0 Å². The van der Waals surface area contributed by atoms with Crippen LogP contribution in [0.3, 0.4) is 0 Å². The third kappa shape index (κ3) is 14.2. The van der Waals surface area contributed by atoms with Gasteiger partial charge in [-0.1, -0.05) is 104 Å². The fourth-order valence-corrected chi connectivity index (χ4v) is 5.49. The van der Waals surface area contributed by atoms with Gasteiger partial charge in [-0.25, -0.2) is 4.79 Å². The van der Waals surface area contributed by atoms with Crippen LogP contribution in [-0.4, -0.2) is 59.1 Å². The third-order valence-electron chi connectivity index (χ3n) is 8.36. The first-order chi connectivity index (χ1) is 18.6. The smallest absolute Gasteiger partial charge is 0.326 e. The number of rotatable bonds is 8. The molecule has 1 aliphatic rings. The molecule has 1 fully saturated rings. The summed E-state index contributed by atoms with van der Waals surface area (Å²) in [6.07, 6.45) is 14.7. The van der Waals surface area contributed by atoms with Gasteiger partial charge in [0.1, 0.15) is 6.04 Å². The molecule has 0 aromatic carbocycles. The molecule has 8 nitrogen and oxygen atoms in total. The van der Waals surface area contributed by atoms with Gasteiger partial charge in [0.05, 0.1) is 6.61 Å². The van der Waals surface area contributed by atoms with E-state index in [1.807, 2.05) is 20.8 Å². The largest absolute Gasteiger partial charge is 0.480 e. The molecule has 1 N–H and O–H groups in total. The average Bonchev–Trinajstić information content (AvgIpc) is 2.88. The summed E-state index contributed by atoms with van der Waals surface area (Å²) in [6, 6.07) is -0.949. The van der Waals surface area contributed by atoms with E-state index >= 15 is 0 Å². The van der Waals surface area contributed by atoms with Gasteiger partial charge in [-0.3, -0.25) is 14.4 Å². The van der Waals surface area contributed by atoms with Crippen molar-refractivity contribution in [3.8, 4) is 0 Å². The molecule has 1 saturated heterocycles. The maximum atomic E-state index is 14.0. The maximum absolute atomic E-state index is 14.0. The number of hydrogen-bond acceptors (Lipinski definition) is 6. The first kappa shape index (κ1) is 34.9. The summed E-state index contributed by atoms with van der Waals surface area (Å²) >= 11 is 0. The van der Waals surface area contributed by atoms with E-state index in [0.29, 0.717) is 13.0 Å². The minimum Gasteiger partial charge on any atom is -0.480 e. The fourth-order valence-electron chi connectivity index (χ4n) is 5.49. The molecule has 0 saturated carbocycles. The molecule has 1 heterocycles. The summed E-state index contributed by atoms with van der Waals surface area (Å²) in [7, 11) is 0. The highest BCUT2D eigenvalue weighted by molar-refractivity contribution is 5.88. The van der Waals surface area contributed by atoms with Crippen LogP contribution in [0.25, 0.3) is 0 Å². The standard InChI is InChI=1S/C31H55NO7/c1-23(22-38-26(4)33)24(2)25(3)29(39-27(5)34)30(35)32-21-19-17-15-13-11-9-7-6-8-10-12-14-16-18-20-28(32)31(36)37/h23-25,28-29H,6-22H2,1-5H3,(H,36,37)/t23-,24-,25+,28?,29-/m1/s1. The number of ether oxygens (including phenoxy) is 2. The second-order valence-electron chi connectivity index (χ2n) is 11.7. The molecule has 1 rings (SSSR count). The van der Waals surface area contributed by atoms with Gasteiger partial charge >= 0.3 is 17.9 Å². The van der Waals surface area contributed by atoms with Crippen molar-refractivity contribution in [1.82, 2.24) is 4.90 Å². The van der Waals surface area contributed by atoms with Crippen molar-refractivity contribution in [2.45, 2.75) is 143 Å². The van der Waals surface area contributed by atoms with Crippen LogP contribution in [0, 0.1) is 17.8 Å². The zero-order valence-electron chi connectivity index (χ0n) is 25.3. The van der Waals surface area contributed by atoms with Crippen molar-refractivity contribution in [2.75, 3.05) is 13.2 Å². The molecule has 0 bridgehead atoms. The monoisotopic (exact) mass is 553 g/mol. The van der Waals surface area contributed by atoms with E-state index in [0.717, 1.165) is 51.4 Å². The Bertz CT molecular complexity index is 740. The highest BCUT2D eigenvalue weighted by Gasteiger charge is 2.40. The summed E-state index contributed by atoms with van der Waals surface area (Å²) in [4.78, 5) is 51.3. The van der Waals surface area contributed by atoms with Gasteiger partial charge in [-0.2, -0.15) is 0 Å². The lowest BCUT2D eigenvalue weighted by atomic mass is 9.81. The molecule has 0 aromatic heterocycles. The molecule has 1 unspecified atom stereocenters. The van der Waals surface area contributed by atoms with Gasteiger partial charge in [0.25, 0.3) is 5.91 Å². The normalized spacial score (nSPS) is 22.3. The highest BCUT2D eigenvalue weighted by Crippen LogP contribution is 2.28. The molecule has 0 spiro atoms. The van der Waals surface area contributed by atoms with E-state index in [9.17, 15) is 24.3 Å². The van der Waals surface area contributed by atoms with Crippen LogP contribution in [-0.2, 0) is 28.7 Å². The Morgan fingerprint density at radius 3 is 1.62 bits per heavy atom. The number of carbonyl (C=O) groups is 4. The van der Waals surface area contributed by atoms with Gasteiger partial charge in [-0.05, 0) is 24.7 Å². The Kier molecular flexibility index (Phi) is 17.8. The predicted octanol–water partition coefficient (Wildman–Crippen LogP) is 6.54. The molecular weight excluding hydrogens is 498 g/mol. The summed E-state index contributed by atoms with van der Waals surface area (Å²) in [6.45, 7) is 8.87. The van der Waals surface area contributed by atoms with Crippen LogP contribution in [0.15, 0.2) is 0 Å². The molecule has 1 aliphatic heterocycles. The Labute approximate surface area is 236 Å². The fraction of sp³-hybridized carbons (Fsp3) is 0.871. The van der Waals surface area contributed by atoms with E-state index in [2.05, 4.69) is 0 Å². The first-order valence-corrected chi connectivity index (χ1v) is 15.4. The minimum absolute atomic E-state index is 0.0784. The van der Waals surface area contributed by atoms with Crippen LogP contribution < -0.4 is 0 Å². The third-order valence-corrected chi connectivity index (χ3v) is 8.36. The van der Waals surface area contributed by atoms with Crippen molar-refractivity contribution < 1.29 is 33.8 Å². The van der Waals surface area contributed by atoms with Crippen LogP contribution in [0.5, 0.6) is 0 Å². The Morgan fingerprint density at radius 2 is 1.18 bits per heavy atom. The lowest BCUT2D eigenvalue weighted by molar-refractivity contribution is -0.168. The molecular formula is C31H55NO7. The van der Waals surface area contributed by atoms with Crippen molar-refractivity contribution in [1.29, 1.82) is 0 Å². The van der Waals surface area contributed by atoms with E-state index in [1.165, 1.54) is 57.3 Å². The second-order valence-corrected chi connectivity index (χ2v) is 11.7. The van der Waals surface area contributed by atoms with Gasteiger partial charge in [0.15, 0.2) is 6.10 Å². The molecule has 5 atom stereocenters. The van der Waals surface area contributed by atoms with Gasteiger partial charge in [0.2, 0.25) is 0 Å². The predicted molar refractivity (Wildman–Crippen MR) is 152 cm³/mol. The van der Waals surface area contributed by atoms with E-state index in [1.54, 1.807) is 0 Å². The van der Waals surface area contributed by atoms with Crippen molar-refractivity contribution in [3.63, 3.8) is 0 Å². The van der Waals surface area contributed by atoms with E-state index in [-0.39, 0.29) is 24.4 Å². The van der Waals surface area contributed by atoms with Crippen LogP contribution in [0.4, 0.5) is 0 Å². The molecule has 0 radical (unpaired) electrons. The summed E-state index contributed by atoms with van der Waals surface area (Å²) in [5, 5.41) is 10.2. The lowest BCUT2D eigenvalue weighted by Crippen LogP contribution is -2.53. The number of nitrogens with zero attached hydrogens (tertiary/aromatic N) is 1. The molecule has 1 amide bonds. The quantitative estimate of drug-likeness (QED) is 0.340. The zero-order chi connectivity index (χ0) is 29.2. The molecule has 0 aromatic rings. The molecule has 39 heavy (non-hydrogen) atoms. The SMILES string of the molecule is CC(=O)OC[C@@H](C)[C@@H](C)[C@H](C)[C@@H](OC(C)=O)C(=O)N1CCCCCCCCCCCCCCCCC1C(=O)O. The molecule has 8 heteroatoms. The number of carboxylic acid groups (broad SMARTS) is 1. The van der Waals surface area contributed by atoms with Crippen LogP contribution in [0.1, 0.15) is 131 Å². The van der Waals surface area contributed by atoms with Crippen molar-refractivity contribution in [3.05, 3.63) is 0 Å². The Balaban J connectivity index is 3.12. The Morgan fingerprint density at radius 1 is 0.718 bits per heavy atom. The molecule has 0 aliphatic carbocycles. The van der Waals surface area contributed by atoms with Crippen molar-refractivity contribution in [2.24, 2.45) is 17.8 Å². The topological polar surface area (TPSA) is 110 Å². The number of carbonyl (C=O) groups excluding carboxylic acids is 3. The van der Waals surface area contributed by atoms with Gasteiger partial charge < -0.3 is 19.5 Å². The summed E-state index contributed by atoms with van der Waals surface area (Å²) in [5.74, 6) is -2.99. The zero-order valence-corrected chi connectivity index (χ0v) is 25.3. The summed E-state index contributed by atoms with van der Waals surface area (Å²) in [5.41, 5.74) is 0. The number of carboxylic acids is 1. The van der Waals surface area contributed by atoms with Gasteiger partial charge in [0, 0.05) is 26.3 Å². The van der Waals surface area contributed by atoms with Crippen molar-refractivity contribution >= 4 is 23.8 Å². The molecule has 226 valence electrons.